The van der Waals surface area contributed by atoms with Crippen molar-refractivity contribution in [1.29, 1.82) is 0 Å². The van der Waals surface area contributed by atoms with E-state index in [0.717, 1.165) is 23.8 Å². The van der Waals surface area contributed by atoms with Crippen molar-refractivity contribution in [3.8, 4) is 11.1 Å². The molecule has 0 N–H and O–H groups in total. The maximum atomic E-state index is 10.8. The summed E-state index contributed by atoms with van der Waals surface area (Å²) < 4.78 is 0. The number of hydrogen-bond donors (Lipinski definition) is 0. The molecule has 2 aromatic carbocycles. The normalized spacial score (nSPS) is 10.3. The van der Waals surface area contributed by atoms with E-state index >= 15 is 0 Å². The Morgan fingerprint density at radius 2 is 1.78 bits per heavy atom. The number of aldehydes is 1. The first-order valence-electron chi connectivity index (χ1n) is 6.48. The van der Waals surface area contributed by atoms with Crippen molar-refractivity contribution in [2.24, 2.45) is 0 Å². The number of benzene rings is 2. The van der Waals surface area contributed by atoms with Crippen LogP contribution in [0.4, 0.5) is 0 Å². The van der Waals surface area contributed by atoms with Crippen molar-refractivity contribution < 1.29 is 4.79 Å². The fourth-order valence-corrected chi connectivity index (χ4v) is 2.04. The molecular weight excluding hydrogens is 220 g/mol. The van der Waals surface area contributed by atoms with Crippen LogP contribution in [-0.2, 0) is 6.42 Å². The van der Waals surface area contributed by atoms with Crippen molar-refractivity contribution in [2.75, 3.05) is 0 Å². The highest BCUT2D eigenvalue weighted by Gasteiger charge is 1.99. The molecule has 1 heteroatoms. The Kier molecular flexibility index (Phi) is 4.30. The van der Waals surface area contributed by atoms with E-state index in [9.17, 15) is 4.79 Å². The van der Waals surface area contributed by atoms with Gasteiger partial charge in [0.25, 0.3) is 0 Å². The molecule has 2 rings (SSSR count). The second-order valence-corrected chi connectivity index (χ2v) is 4.54. The minimum absolute atomic E-state index is 0.725. The monoisotopic (exact) mass is 238 g/mol. The van der Waals surface area contributed by atoms with Gasteiger partial charge in [-0.2, -0.15) is 0 Å². The summed E-state index contributed by atoms with van der Waals surface area (Å²) in [6.45, 7) is 2.21. The van der Waals surface area contributed by atoms with Gasteiger partial charge in [0.15, 0.2) is 0 Å². The third-order valence-electron chi connectivity index (χ3n) is 3.13. The van der Waals surface area contributed by atoms with Crippen LogP contribution in [0.15, 0.2) is 48.5 Å². The summed E-state index contributed by atoms with van der Waals surface area (Å²) in [5.74, 6) is 0. The van der Waals surface area contributed by atoms with Crippen LogP contribution < -0.4 is 0 Å². The van der Waals surface area contributed by atoms with E-state index < -0.39 is 0 Å². The van der Waals surface area contributed by atoms with Crippen molar-refractivity contribution in [3.63, 3.8) is 0 Å². The van der Waals surface area contributed by atoms with Gasteiger partial charge in [-0.15, -0.1) is 0 Å². The van der Waals surface area contributed by atoms with Crippen LogP contribution in [-0.4, -0.2) is 6.29 Å². The zero-order valence-corrected chi connectivity index (χ0v) is 10.7. The number of carbonyl (C=O) groups is 1. The number of hydrogen-bond acceptors (Lipinski definition) is 1. The standard InChI is InChI=1S/C17H18O/c1-2-3-5-14-8-10-16(11-9-14)17-7-4-6-15(12-17)13-18/h4,6-13H,2-3,5H2,1H3. The molecule has 0 atom stereocenters. The van der Waals surface area contributed by atoms with Gasteiger partial charge < -0.3 is 0 Å². The topological polar surface area (TPSA) is 17.1 Å². The van der Waals surface area contributed by atoms with E-state index in [1.54, 1.807) is 0 Å². The molecule has 0 unspecified atom stereocenters. The summed E-state index contributed by atoms with van der Waals surface area (Å²) >= 11 is 0. The highest BCUT2D eigenvalue weighted by Crippen LogP contribution is 2.21. The Balaban J connectivity index is 2.20. The quantitative estimate of drug-likeness (QED) is 0.700. The number of rotatable bonds is 5. The summed E-state index contributed by atoms with van der Waals surface area (Å²) in [5, 5.41) is 0. The lowest BCUT2D eigenvalue weighted by Crippen LogP contribution is -1.86. The zero-order valence-electron chi connectivity index (χ0n) is 10.7. The molecule has 2 aromatic rings. The molecule has 0 heterocycles. The molecule has 92 valence electrons. The molecule has 0 aliphatic rings. The van der Waals surface area contributed by atoms with E-state index in [1.165, 1.54) is 24.0 Å². The largest absolute Gasteiger partial charge is 0.298 e. The molecule has 0 amide bonds. The summed E-state index contributed by atoms with van der Waals surface area (Å²) in [7, 11) is 0. The van der Waals surface area contributed by atoms with Crippen LogP contribution in [0, 0.1) is 0 Å². The molecule has 1 nitrogen and oxygen atoms in total. The van der Waals surface area contributed by atoms with Crippen LogP contribution in [0.5, 0.6) is 0 Å². The van der Waals surface area contributed by atoms with Gasteiger partial charge in [-0.25, -0.2) is 0 Å². The maximum absolute atomic E-state index is 10.8. The molecule has 18 heavy (non-hydrogen) atoms. The van der Waals surface area contributed by atoms with Crippen molar-refractivity contribution >= 4 is 6.29 Å². The second-order valence-electron chi connectivity index (χ2n) is 4.54. The molecule has 0 saturated carbocycles. The SMILES string of the molecule is CCCCc1ccc(-c2cccc(C=O)c2)cc1. The predicted molar refractivity (Wildman–Crippen MR) is 75.9 cm³/mol. The van der Waals surface area contributed by atoms with Crippen molar-refractivity contribution in [1.82, 2.24) is 0 Å². The average molecular weight is 238 g/mol. The van der Waals surface area contributed by atoms with Crippen LogP contribution in [0.3, 0.4) is 0 Å². The lowest BCUT2D eigenvalue weighted by atomic mass is 10.0. The van der Waals surface area contributed by atoms with Crippen LogP contribution >= 0.6 is 0 Å². The fourth-order valence-electron chi connectivity index (χ4n) is 2.04. The van der Waals surface area contributed by atoms with Gasteiger partial charge in [0.1, 0.15) is 6.29 Å². The lowest BCUT2D eigenvalue weighted by molar-refractivity contribution is 0.112. The first-order chi connectivity index (χ1) is 8.83. The minimum atomic E-state index is 0.725. The van der Waals surface area contributed by atoms with Gasteiger partial charge in [0.2, 0.25) is 0 Å². The van der Waals surface area contributed by atoms with Crippen LogP contribution in [0.1, 0.15) is 35.7 Å². The van der Waals surface area contributed by atoms with E-state index in [2.05, 4.69) is 31.2 Å². The van der Waals surface area contributed by atoms with Crippen molar-refractivity contribution in [3.05, 3.63) is 59.7 Å². The zero-order chi connectivity index (χ0) is 12.8. The van der Waals surface area contributed by atoms with E-state index in [1.807, 2.05) is 24.3 Å². The summed E-state index contributed by atoms with van der Waals surface area (Å²) in [6.07, 6.45) is 4.49. The molecule has 0 saturated heterocycles. The van der Waals surface area contributed by atoms with E-state index in [0.29, 0.717) is 0 Å². The Bertz CT molecular complexity index is 511. The molecule has 0 fully saturated rings. The van der Waals surface area contributed by atoms with Gasteiger partial charge in [0, 0.05) is 5.56 Å². The molecule has 0 aliphatic heterocycles. The smallest absolute Gasteiger partial charge is 0.150 e. The molecular formula is C17H18O. The van der Waals surface area contributed by atoms with Gasteiger partial charge >= 0.3 is 0 Å². The first-order valence-corrected chi connectivity index (χ1v) is 6.48. The fraction of sp³-hybridized carbons (Fsp3) is 0.235. The molecule has 0 aromatic heterocycles. The number of unbranched alkanes of at least 4 members (excludes halogenated alkanes) is 1. The summed E-state index contributed by atoms with van der Waals surface area (Å²) in [5.41, 5.74) is 4.37. The van der Waals surface area contributed by atoms with Gasteiger partial charge in [-0.05, 0) is 35.6 Å². The number of carbonyl (C=O) groups excluding carboxylic acids is 1. The third-order valence-corrected chi connectivity index (χ3v) is 3.13. The van der Waals surface area contributed by atoms with Crippen LogP contribution in [0.2, 0.25) is 0 Å². The number of aryl methyl sites for hydroxylation is 1. The Morgan fingerprint density at radius 1 is 1.00 bits per heavy atom. The predicted octanol–water partition coefficient (Wildman–Crippen LogP) is 4.51. The maximum Gasteiger partial charge on any atom is 0.150 e. The molecule has 0 bridgehead atoms. The van der Waals surface area contributed by atoms with Gasteiger partial charge in [-0.3, -0.25) is 4.79 Å². The third kappa shape index (κ3) is 3.07. The Morgan fingerprint density at radius 3 is 2.44 bits per heavy atom. The first kappa shape index (κ1) is 12.6. The second kappa shape index (κ2) is 6.15. The lowest BCUT2D eigenvalue weighted by Gasteiger charge is -2.04. The summed E-state index contributed by atoms with van der Waals surface area (Å²) in [4.78, 5) is 10.8. The van der Waals surface area contributed by atoms with Crippen LogP contribution in [0.25, 0.3) is 11.1 Å². The van der Waals surface area contributed by atoms with E-state index in [-0.39, 0.29) is 0 Å². The van der Waals surface area contributed by atoms with Gasteiger partial charge in [-0.1, -0.05) is 55.8 Å². The van der Waals surface area contributed by atoms with E-state index in [4.69, 9.17) is 0 Å². The Labute approximate surface area is 108 Å². The highest BCUT2D eigenvalue weighted by atomic mass is 16.1. The van der Waals surface area contributed by atoms with Crippen molar-refractivity contribution in [2.45, 2.75) is 26.2 Å². The van der Waals surface area contributed by atoms with Gasteiger partial charge in [0.05, 0.1) is 0 Å². The average Bonchev–Trinajstić information content (AvgIpc) is 2.46. The molecule has 0 radical (unpaired) electrons. The Hall–Kier alpha value is -1.89. The highest BCUT2D eigenvalue weighted by molar-refractivity contribution is 5.78. The molecule has 0 spiro atoms. The molecule has 0 aliphatic carbocycles. The minimum Gasteiger partial charge on any atom is -0.298 e. The summed E-state index contributed by atoms with van der Waals surface area (Å²) in [6, 6.07) is 16.3.